The minimum Gasteiger partial charge on any atom is -0.351 e. The topological polar surface area (TPSA) is 58.2 Å². The van der Waals surface area contributed by atoms with E-state index in [0.29, 0.717) is 17.8 Å². The van der Waals surface area contributed by atoms with Crippen molar-refractivity contribution < 1.29 is 9.59 Å². The normalized spacial score (nSPS) is 46.1. The van der Waals surface area contributed by atoms with Gasteiger partial charge in [0.15, 0.2) is 0 Å². The maximum absolute atomic E-state index is 13.0. The Morgan fingerprint density at radius 3 is 2.56 bits per heavy atom. The minimum absolute atomic E-state index is 0.0661. The first-order valence-corrected chi connectivity index (χ1v) is 10.9. The molecule has 3 unspecified atom stereocenters. The van der Waals surface area contributed by atoms with Crippen LogP contribution in [-0.2, 0) is 9.59 Å². The zero-order valence-electron chi connectivity index (χ0n) is 17.6. The van der Waals surface area contributed by atoms with Gasteiger partial charge in [-0.05, 0) is 88.5 Å². The predicted octanol–water partition coefficient (Wildman–Crippen LogP) is 3.81. The molecule has 150 valence electrons. The summed E-state index contributed by atoms with van der Waals surface area (Å²) in [5.74, 6) is 2.41. The van der Waals surface area contributed by atoms with Gasteiger partial charge in [0.05, 0.1) is 0 Å². The van der Waals surface area contributed by atoms with E-state index in [9.17, 15) is 9.59 Å². The van der Waals surface area contributed by atoms with Crippen LogP contribution < -0.4 is 10.6 Å². The fourth-order valence-corrected chi connectivity index (χ4v) is 7.22. The van der Waals surface area contributed by atoms with Crippen molar-refractivity contribution in [2.45, 2.75) is 84.7 Å². The minimum atomic E-state index is -0.167. The van der Waals surface area contributed by atoms with Crippen LogP contribution in [0.25, 0.3) is 0 Å². The molecule has 2 amide bonds. The summed E-state index contributed by atoms with van der Waals surface area (Å²) in [4.78, 5) is 24.9. The molecule has 4 aliphatic rings. The van der Waals surface area contributed by atoms with Gasteiger partial charge in [0, 0.05) is 22.9 Å². The van der Waals surface area contributed by atoms with Crippen LogP contribution in [0.3, 0.4) is 0 Å². The van der Waals surface area contributed by atoms with E-state index in [1.54, 1.807) is 6.08 Å². The summed E-state index contributed by atoms with van der Waals surface area (Å²) in [6.45, 7) is 11.0. The number of nitrogens with one attached hydrogen (secondary N) is 2. The van der Waals surface area contributed by atoms with E-state index in [2.05, 4.69) is 51.3 Å². The molecule has 4 rings (SSSR count). The summed E-state index contributed by atoms with van der Waals surface area (Å²) in [7, 11) is 0. The summed E-state index contributed by atoms with van der Waals surface area (Å²) >= 11 is 0. The lowest BCUT2D eigenvalue weighted by Gasteiger charge is -2.58. The summed E-state index contributed by atoms with van der Waals surface area (Å²) in [6.07, 6.45) is 10.7. The fourth-order valence-electron chi connectivity index (χ4n) is 7.22. The molecule has 3 saturated carbocycles. The number of rotatable bonds is 1. The van der Waals surface area contributed by atoms with Crippen LogP contribution in [0.4, 0.5) is 0 Å². The van der Waals surface area contributed by atoms with Gasteiger partial charge in [-0.15, -0.1) is 0 Å². The van der Waals surface area contributed by atoms with Crippen molar-refractivity contribution in [2.24, 2.45) is 34.5 Å². The van der Waals surface area contributed by atoms with Crippen LogP contribution in [0.1, 0.15) is 73.1 Å². The van der Waals surface area contributed by atoms with E-state index in [0.717, 1.165) is 19.3 Å². The summed E-state index contributed by atoms with van der Waals surface area (Å²) in [5.41, 5.74) is 0.0323. The molecule has 0 bridgehead atoms. The second kappa shape index (κ2) is 6.09. The molecule has 1 aliphatic heterocycles. The van der Waals surface area contributed by atoms with Gasteiger partial charge in [-0.2, -0.15) is 0 Å². The van der Waals surface area contributed by atoms with Gasteiger partial charge in [0.1, 0.15) is 0 Å². The van der Waals surface area contributed by atoms with Crippen molar-refractivity contribution >= 4 is 11.8 Å². The summed E-state index contributed by atoms with van der Waals surface area (Å²) < 4.78 is 0. The highest BCUT2D eigenvalue weighted by molar-refractivity contribution is 5.89. The molecule has 4 nitrogen and oxygen atoms in total. The highest BCUT2D eigenvalue weighted by Crippen LogP contribution is 2.65. The summed E-state index contributed by atoms with van der Waals surface area (Å²) in [6, 6.07) is 0.280. The molecule has 0 aromatic carbocycles. The molecule has 3 aliphatic carbocycles. The third-order valence-corrected chi connectivity index (χ3v) is 8.50. The van der Waals surface area contributed by atoms with Gasteiger partial charge in [0.25, 0.3) is 0 Å². The quantitative estimate of drug-likeness (QED) is 0.735. The van der Waals surface area contributed by atoms with Gasteiger partial charge >= 0.3 is 0 Å². The van der Waals surface area contributed by atoms with E-state index >= 15 is 0 Å². The first-order chi connectivity index (χ1) is 12.5. The van der Waals surface area contributed by atoms with Crippen LogP contribution in [0.5, 0.6) is 0 Å². The van der Waals surface area contributed by atoms with Crippen molar-refractivity contribution in [1.29, 1.82) is 0 Å². The lowest BCUT2D eigenvalue weighted by molar-refractivity contribution is -0.135. The van der Waals surface area contributed by atoms with Crippen molar-refractivity contribution in [3.63, 3.8) is 0 Å². The molecule has 4 heteroatoms. The first-order valence-electron chi connectivity index (χ1n) is 10.9. The lowest BCUT2D eigenvalue weighted by Crippen LogP contribution is -2.59. The maximum Gasteiger partial charge on any atom is 0.243 e. The first kappa shape index (κ1) is 19.0. The highest BCUT2D eigenvalue weighted by atomic mass is 16.2. The van der Waals surface area contributed by atoms with E-state index in [1.807, 2.05) is 0 Å². The SMILES string of the molecule is CC(C)(C)NC(=O)[C@H]1CCC2[C@@H]3CCC4NC(=O)C=C[C@]4(C)C3CC[C@@]21C. The molecule has 27 heavy (non-hydrogen) atoms. The Hall–Kier alpha value is -1.32. The number of carbonyl (C=O) groups excluding carboxylic acids is 2. The number of carbonyl (C=O) groups is 2. The largest absolute Gasteiger partial charge is 0.351 e. The second-order valence-corrected chi connectivity index (χ2v) is 11.1. The van der Waals surface area contributed by atoms with Crippen molar-refractivity contribution in [3.8, 4) is 0 Å². The third-order valence-electron chi connectivity index (χ3n) is 8.50. The summed E-state index contributed by atoms with van der Waals surface area (Å²) in [5, 5.41) is 6.48. The maximum atomic E-state index is 13.0. The van der Waals surface area contributed by atoms with Gasteiger partial charge in [0.2, 0.25) is 11.8 Å². The number of hydrogen-bond acceptors (Lipinski definition) is 2. The van der Waals surface area contributed by atoms with Crippen LogP contribution in [0.2, 0.25) is 0 Å². The standard InChI is InChI=1S/C23H36N2O2/c1-21(2,3)25-20(27)17-8-7-15-14-6-9-18-23(5,13-11-19(26)24-18)16(14)10-12-22(15,17)4/h11,13-18H,6-10,12H2,1-5H3,(H,24,26)(H,25,27)/t14-,15?,16?,17+,18?,22-,23+/m0/s1. The molecule has 7 atom stereocenters. The lowest BCUT2D eigenvalue weighted by atomic mass is 9.48. The molecular formula is C23H36N2O2. The van der Waals surface area contributed by atoms with Crippen molar-refractivity contribution in [3.05, 3.63) is 12.2 Å². The monoisotopic (exact) mass is 372 g/mol. The number of hydrogen-bond donors (Lipinski definition) is 2. The van der Waals surface area contributed by atoms with Crippen LogP contribution in [-0.4, -0.2) is 23.4 Å². The molecule has 0 saturated heterocycles. The predicted molar refractivity (Wildman–Crippen MR) is 107 cm³/mol. The Labute approximate surface area is 163 Å². The van der Waals surface area contributed by atoms with E-state index in [1.165, 1.54) is 19.3 Å². The molecule has 0 aromatic rings. The highest BCUT2D eigenvalue weighted by Gasteiger charge is 2.60. The zero-order valence-corrected chi connectivity index (χ0v) is 17.6. The Kier molecular flexibility index (Phi) is 4.29. The zero-order chi connectivity index (χ0) is 19.6. The molecule has 0 radical (unpaired) electrons. The van der Waals surface area contributed by atoms with Gasteiger partial charge in [-0.25, -0.2) is 0 Å². The smallest absolute Gasteiger partial charge is 0.243 e. The average Bonchev–Trinajstić information content (AvgIpc) is 2.91. The molecule has 0 spiro atoms. The van der Waals surface area contributed by atoms with E-state index < -0.39 is 0 Å². The van der Waals surface area contributed by atoms with Crippen LogP contribution in [0.15, 0.2) is 12.2 Å². The molecule has 0 aromatic heterocycles. The molecule has 3 fully saturated rings. The Balaban J connectivity index is 1.58. The van der Waals surface area contributed by atoms with Crippen molar-refractivity contribution in [1.82, 2.24) is 10.6 Å². The Morgan fingerprint density at radius 2 is 1.85 bits per heavy atom. The molecule has 1 heterocycles. The van der Waals surface area contributed by atoms with Crippen molar-refractivity contribution in [2.75, 3.05) is 0 Å². The van der Waals surface area contributed by atoms with Crippen LogP contribution in [0, 0.1) is 34.5 Å². The van der Waals surface area contributed by atoms with Crippen LogP contribution >= 0.6 is 0 Å². The number of fused-ring (bicyclic) bond motifs is 5. The van der Waals surface area contributed by atoms with Gasteiger partial charge in [-0.1, -0.05) is 19.9 Å². The molecular weight excluding hydrogens is 336 g/mol. The van der Waals surface area contributed by atoms with Gasteiger partial charge in [-0.3, -0.25) is 9.59 Å². The average molecular weight is 373 g/mol. The number of amides is 2. The molecule has 2 N–H and O–H groups in total. The second-order valence-electron chi connectivity index (χ2n) is 11.1. The third kappa shape index (κ3) is 2.94. The Morgan fingerprint density at radius 1 is 1.11 bits per heavy atom. The van der Waals surface area contributed by atoms with Gasteiger partial charge < -0.3 is 10.6 Å². The fraction of sp³-hybridized carbons (Fsp3) is 0.826. The van der Waals surface area contributed by atoms with E-state index in [4.69, 9.17) is 0 Å². The van der Waals surface area contributed by atoms with E-state index in [-0.39, 0.29) is 40.1 Å². The Bertz CT molecular complexity index is 678.